The normalized spacial score (nSPS) is 12.6. The highest BCUT2D eigenvalue weighted by Gasteiger charge is 2.34. The van der Waals surface area contributed by atoms with Crippen LogP contribution in [0.3, 0.4) is 0 Å². The van der Waals surface area contributed by atoms with E-state index in [0.717, 1.165) is 18.1 Å². The minimum Gasteiger partial charge on any atom is -0.321 e. The van der Waals surface area contributed by atoms with Gasteiger partial charge >= 0.3 is 6.18 Å². The second-order valence-corrected chi connectivity index (χ2v) is 8.41. The van der Waals surface area contributed by atoms with Crippen molar-refractivity contribution in [3.05, 3.63) is 77.6 Å². The third kappa shape index (κ3) is 5.66. The van der Waals surface area contributed by atoms with Crippen molar-refractivity contribution < 1.29 is 18.0 Å². The number of nitrogens with one attached hydrogen (secondary N) is 1. The van der Waals surface area contributed by atoms with Crippen LogP contribution in [0.4, 0.5) is 18.9 Å². The Balaban J connectivity index is 1.76. The van der Waals surface area contributed by atoms with Crippen LogP contribution in [0.2, 0.25) is 0 Å². The van der Waals surface area contributed by atoms with E-state index in [9.17, 15) is 18.0 Å². The molecule has 0 aliphatic rings. The highest BCUT2D eigenvalue weighted by Crippen LogP contribution is 2.38. The van der Waals surface area contributed by atoms with Gasteiger partial charge in [0.1, 0.15) is 0 Å². The number of alkyl halides is 3. The van der Waals surface area contributed by atoms with Gasteiger partial charge in [-0.2, -0.15) is 18.3 Å². The molecular formula is C22H22F3N3OS. The number of hydrogen-bond acceptors (Lipinski definition) is 3. The first-order valence-corrected chi connectivity index (χ1v) is 10.4. The molecule has 0 spiro atoms. The topological polar surface area (TPSA) is 46.9 Å². The summed E-state index contributed by atoms with van der Waals surface area (Å²) in [6.45, 7) is 4.49. The molecule has 0 saturated carbocycles. The molecule has 4 nitrogen and oxygen atoms in total. The molecule has 0 aliphatic heterocycles. The van der Waals surface area contributed by atoms with Gasteiger partial charge in [-0.05, 0) is 48.4 Å². The van der Waals surface area contributed by atoms with Crippen molar-refractivity contribution in [1.82, 2.24) is 9.78 Å². The Morgan fingerprint density at radius 2 is 1.93 bits per heavy atom. The van der Waals surface area contributed by atoms with Gasteiger partial charge in [0.05, 0.1) is 17.8 Å². The average molecular weight is 433 g/mol. The van der Waals surface area contributed by atoms with Gasteiger partial charge in [0.25, 0.3) is 5.91 Å². The minimum atomic E-state index is -4.57. The molecule has 3 aromatic rings. The van der Waals surface area contributed by atoms with Crippen LogP contribution in [0.1, 0.15) is 41.8 Å². The fourth-order valence-electron chi connectivity index (χ4n) is 2.79. The van der Waals surface area contributed by atoms with Crippen molar-refractivity contribution in [2.24, 2.45) is 0 Å². The number of nitrogens with zero attached hydrogens (tertiary/aromatic N) is 2. The van der Waals surface area contributed by atoms with E-state index in [-0.39, 0.29) is 16.5 Å². The maximum atomic E-state index is 13.6. The van der Waals surface area contributed by atoms with Gasteiger partial charge in [-0.1, -0.05) is 26.0 Å². The smallest absolute Gasteiger partial charge is 0.321 e. The van der Waals surface area contributed by atoms with E-state index < -0.39 is 17.6 Å². The second kappa shape index (κ2) is 9.38. The summed E-state index contributed by atoms with van der Waals surface area (Å²) in [5.41, 5.74) is 0.115. The molecule has 1 atom stereocenters. The summed E-state index contributed by atoms with van der Waals surface area (Å²) in [6, 6.07) is 12.5. The van der Waals surface area contributed by atoms with Gasteiger partial charge in [-0.3, -0.25) is 9.48 Å². The zero-order valence-corrected chi connectivity index (χ0v) is 17.4. The third-order valence-corrected chi connectivity index (χ3v) is 5.84. The summed E-state index contributed by atoms with van der Waals surface area (Å²) in [5, 5.41) is 6.72. The number of anilines is 1. The Bertz CT molecular complexity index is 986. The second-order valence-electron chi connectivity index (χ2n) is 6.90. The molecular weight excluding hydrogens is 411 g/mol. The lowest BCUT2D eigenvalue weighted by atomic mass is 10.1. The van der Waals surface area contributed by atoms with Crippen molar-refractivity contribution in [2.75, 3.05) is 5.32 Å². The Labute approximate surface area is 177 Å². The number of benzene rings is 2. The van der Waals surface area contributed by atoms with Crippen molar-refractivity contribution in [2.45, 2.75) is 43.1 Å². The van der Waals surface area contributed by atoms with E-state index in [1.807, 2.05) is 26.1 Å². The first-order chi connectivity index (χ1) is 14.3. The van der Waals surface area contributed by atoms with Crippen LogP contribution in [-0.4, -0.2) is 20.9 Å². The maximum absolute atomic E-state index is 13.6. The highest BCUT2D eigenvalue weighted by molar-refractivity contribution is 7.99. The van der Waals surface area contributed by atoms with E-state index in [4.69, 9.17) is 0 Å². The summed E-state index contributed by atoms with van der Waals surface area (Å²) in [7, 11) is 0. The molecule has 1 N–H and O–H groups in total. The molecule has 1 amide bonds. The fourth-order valence-corrected chi connectivity index (χ4v) is 3.76. The first-order valence-electron chi connectivity index (χ1n) is 9.52. The van der Waals surface area contributed by atoms with Crippen LogP contribution < -0.4 is 5.32 Å². The lowest BCUT2D eigenvalue weighted by Gasteiger charge is -2.16. The average Bonchev–Trinajstić information content (AvgIpc) is 3.21. The lowest BCUT2D eigenvalue weighted by Crippen LogP contribution is -2.17. The number of hydrogen-bond donors (Lipinski definition) is 1. The van der Waals surface area contributed by atoms with E-state index >= 15 is 0 Å². The van der Waals surface area contributed by atoms with Crippen molar-refractivity contribution in [3.8, 4) is 0 Å². The van der Waals surface area contributed by atoms with Crippen LogP contribution in [0.15, 0.2) is 65.8 Å². The van der Waals surface area contributed by atoms with Crippen LogP contribution in [-0.2, 0) is 12.7 Å². The number of aromatic nitrogens is 2. The molecule has 3 rings (SSSR count). The standard InChI is InChI=1S/C22H22F3N3OS/c1-3-15(2)30-18-9-10-20(19(13-18)22(23,24)25)27-21(29)17-7-5-16(6-8-17)14-28-12-4-11-26-28/h4-13,15H,3,14H2,1-2H3,(H,27,29). The molecule has 0 bridgehead atoms. The molecule has 158 valence electrons. The molecule has 1 unspecified atom stereocenters. The number of rotatable bonds is 7. The summed E-state index contributed by atoms with van der Waals surface area (Å²) < 4.78 is 42.4. The highest BCUT2D eigenvalue weighted by atomic mass is 32.2. The van der Waals surface area contributed by atoms with Crippen LogP contribution in [0, 0.1) is 0 Å². The largest absolute Gasteiger partial charge is 0.418 e. The van der Waals surface area contributed by atoms with Gasteiger partial charge in [0, 0.05) is 28.1 Å². The van der Waals surface area contributed by atoms with E-state index in [1.165, 1.54) is 17.8 Å². The Morgan fingerprint density at radius 3 is 2.53 bits per heavy atom. The van der Waals surface area contributed by atoms with Crippen LogP contribution in [0.25, 0.3) is 0 Å². The number of carbonyl (C=O) groups excluding carboxylic acids is 1. The van der Waals surface area contributed by atoms with Gasteiger partial charge in [0.2, 0.25) is 0 Å². The summed E-state index contributed by atoms with van der Waals surface area (Å²) in [5.74, 6) is -0.589. The fraction of sp³-hybridized carbons (Fsp3) is 0.273. The summed E-state index contributed by atoms with van der Waals surface area (Å²) in [4.78, 5) is 13.1. The predicted molar refractivity (Wildman–Crippen MR) is 113 cm³/mol. The molecule has 8 heteroatoms. The molecule has 0 fully saturated rings. The summed E-state index contributed by atoms with van der Waals surface area (Å²) >= 11 is 1.38. The van der Waals surface area contributed by atoms with E-state index in [1.54, 1.807) is 41.2 Å². The van der Waals surface area contributed by atoms with Gasteiger partial charge in [-0.15, -0.1) is 11.8 Å². The monoisotopic (exact) mass is 433 g/mol. The van der Waals surface area contributed by atoms with Crippen LogP contribution in [0.5, 0.6) is 0 Å². The maximum Gasteiger partial charge on any atom is 0.418 e. The zero-order chi connectivity index (χ0) is 21.7. The van der Waals surface area contributed by atoms with Gasteiger partial charge < -0.3 is 5.32 Å². The first kappa shape index (κ1) is 22.0. The van der Waals surface area contributed by atoms with Crippen molar-refractivity contribution in [3.63, 3.8) is 0 Å². The Morgan fingerprint density at radius 1 is 1.20 bits per heavy atom. The van der Waals surface area contributed by atoms with E-state index in [0.29, 0.717) is 11.4 Å². The number of carbonyl (C=O) groups is 1. The SMILES string of the molecule is CCC(C)Sc1ccc(NC(=O)c2ccc(Cn3cccn3)cc2)c(C(F)(F)F)c1. The van der Waals surface area contributed by atoms with Crippen molar-refractivity contribution in [1.29, 1.82) is 0 Å². The zero-order valence-electron chi connectivity index (χ0n) is 16.6. The van der Waals surface area contributed by atoms with Crippen LogP contribution >= 0.6 is 11.8 Å². The molecule has 2 aromatic carbocycles. The minimum absolute atomic E-state index is 0.201. The number of halogens is 3. The van der Waals surface area contributed by atoms with Crippen molar-refractivity contribution >= 4 is 23.4 Å². The number of amides is 1. The molecule has 30 heavy (non-hydrogen) atoms. The molecule has 0 saturated heterocycles. The lowest BCUT2D eigenvalue weighted by molar-refractivity contribution is -0.137. The molecule has 0 aliphatic carbocycles. The van der Waals surface area contributed by atoms with E-state index in [2.05, 4.69) is 10.4 Å². The number of thioether (sulfide) groups is 1. The van der Waals surface area contributed by atoms with Gasteiger partial charge in [-0.25, -0.2) is 0 Å². The quantitative estimate of drug-likeness (QED) is 0.459. The predicted octanol–water partition coefficient (Wildman–Crippen LogP) is 6.09. The van der Waals surface area contributed by atoms with Gasteiger partial charge in [0.15, 0.2) is 0 Å². The third-order valence-electron chi connectivity index (χ3n) is 4.58. The molecule has 0 radical (unpaired) electrons. The summed E-state index contributed by atoms with van der Waals surface area (Å²) in [6.07, 6.45) is -0.224. The Kier molecular flexibility index (Phi) is 6.87. The molecule has 1 heterocycles. The Hall–Kier alpha value is -2.74. The molecule has 1 aromatic heterocycles.